The van der Waals surface area contributed by atoms with Crippen molar-refractivity contribution in [1.29, 1.82) is 5.26 Å². The molecule has 1 aliphatic rings. The number of hydrogen-bond donors (Lipinski definition) is 1. The van der Waals surface area contributed by atoms with Gasteiger partial charge in [-0.15, -0.1) is 0 Å². The van der Waals surface area contributed by atoms with Gasteiger partial charge in [0.2, 0.25) is 0 Å². The van der Waals surface area contributed by atoms with Crippen molar-refractivity contribution in [3.63, 3.8) is 0 Å². The minimum Gasteiger partial charge on any atom is -0.396 e. The Balaban J connectivity index is 1.55. The highest BCUT2D eigenvalue weighted by Crippen LogP contribution is 2.36. The quantitative estimate of drug-likeness (QED) is 0.410. The van der Waals surface area contributed by atoms with Crippen LogP contribution < -0.4 is 5.69 Å². The molecular weight excluding hydrogens is 404 g/mol. The van der Waals surface area contributed by atoms with Gasteiger partial charge in [-0.2, -0.15) is 5.26 Å². The Bertz CT molecular complexity index is 1370. The van der Waals surface area contributed by atoms with Crippen LogP contribution in [-0.4, -0.2) is 35.4 Å². The van der Waals surface area contributed by atoms with Crippen molar-refractivity contribution in [1.82, 2.24) is 23.7 Å². The summed E-state index contributed by atoms with van der Waals surface area (Å²) >= 11 is 0. The normalized spacial score (nSPS) is 13.8. The number of pyridine rings is 1. The van der Waals surface area contributed by atoms with Crippen LogP contribution in [0, 0.1) is 11.3 Å². The topological polar surface area (TPSA) is 102 Å². The lowest BCUT2D eigenvalue weighted by atomic mass is 10.2. The molecule has 3 aromatic heterocycles. The molecule has 0 radical (unpaired) electrons. The molecule has 1 aliphatic carbocycles. The Morgan fingerprint density at radius 2 is 1.91 bits per heavy atom. The number of aromatic nitrogens is 5. The van der Waals surface area contributed by atoms with Crippen molar-refractivity contribution in [2.24, 2.45) is 0 Å². The molecule has 32 heavy (non-hydrogen) atoms. The number of imidazole rings is 2. The maximum absolute atomic E-state index is 13.3. The van der Waals surface area contributed by atoms with Gasteiger partial charge in [0, 0.05) is 25.4 Å². The molecule has 1 aromatic carbocycles. The van der Waals surface area contributed by atoms with E-state index < -0.39 is 0 Å². The zero-order valence-corrected chi connectivity index (χ0v) is 17.9. The number of nitrogens with zero attached hydrogens (tertiary/aromatic N) is 6. The first-order valence-electron chi connectivity index (χ1n) is 11.3. The molecule has 8 heteroatoms. The highest BCUT2D eigenvalue weighted by molar-refractivity contribution is 5.78. The average Bonchev–Trinajstić information content (AvgIpc) is 3.53. The van der Waals surface area contributed by atoms with Gasteiger partial charge >= 0.3 is 5.69 Å². The largest absolute Gasteiger partial charge is 0.396 e. The van der Waals surface area contributed by atoms with Gasteiger partial charge < -0.3 is 9.67 Å². The predicted octanol–water partition coefficient (Wildman–Crippen LogP) is 3.36. The number of nitriles is 1. The van der Waals surface area contributed by atoms with Crippen LogP contribution in [0.4, 0.5) is 0 Å². The second kappa shape index (κ2) is 8.60. The summed E-state index contributed by atoms with van der Waals surface area (Å²) in [6.07, 6.45) is 9.32. The van der Waals surface area contributed by atoms with Crippen LogP contribution >= 0.6 is 0 Å². The summed E-state index contributed by atoms with van der Waals surface area (Å²) < 4.78 is 5.83. The first-order valence-corrected chi connectivity index (χ1v) is 11.3. The van der Waals surface area contributed by atoms with Crippen molar-refractivity contribution in [2.45, 2.75) is 57.7 Å². The van der Waals surface area contributed by atoms with Crippen molar-refractivity contribution in [2.75, 3.05) is 6.61 Å². The minimum absolute atomic E-state index is 0.0187. The fourth-order valence-corrected chi connectivity index (χ4v) is 4.46. The molecule has 1 saturated carbocycles. The highest BCUT2D eigenvalue weighted by atomic mass is 16.2. The third kappa shape index (κ3) is 3.69. The van der Waals surface area contributed by atoms with Crippen LogP contribution in [-0.2, 0) is 13.1 Å². The lowest BCUT2D eigenvalue weighted by Crippen LogP contribution is -2.25. The zero-order chi connectivity index (χ0) is 22.1. The van der Waals surface area contributed by atoms with Crippen molar-refractivity contribution in [3.8, 4) is 6.07 Å². The van der Waals surface area contributed by atoms with Crippen LogP contribution in [0.3, 0.4) is 0 Å². The van der Waals surface area contributed by atoms with Gasteiger partial charge in [0.25, 0.3) is 0 Å². The van der Waals surface area contributed by atoms with E-state index in [0.29, 0.717) is 12.1 Å². The maximum atomic E-state index is 13.3. The number of benzene rings is 1. The third-order valence-corrected chi connectivity index (χ3v) is 6.22. The van der Waals surface area contributed by atoms with E-state index in [4.69, 9.17) is 10.1 Å². The maximum Gasteiger partial charge on any atom is 0.329 e. The van der Waals surface area contributed by atoms with Crippen LogP contribution in [0.5, 0.6) is 0 Å². The van der Waals surface area contributed by atoms with Crippen LogP contribution in [0.15, 0.2) is 41.5 Å². The van der Waals surface area contributed by atoms with Crippen molar-refractivity contribution < 1.29 is 5.11 Å². The predicted molar refractivity (Wildman–Crippen MR) is 121 cm³/mol. The van der Waals surface area contributed by atoms with E-state index in [-0.39, 0.29) is 18.3 Å². The molecular formula is C24H26N6O2. The van der Waals surface area contributed by atoms with Crippen LogP contribution in [0.2, 0.25) is 0 Å². The molecule has 3 heterocycles. The Kier molecular flexibility index (Phi) is 5.50. The highest BCUT2D eigenvalue weighted by Gasteiger charge is 2.29. The van der Waals surface area contributed by atoms with Gasteiger partial charge in [0.1, 0.15) is 5.82 Å². The first kappa shape index (κ1) is 20.5. The van der Waals surface area contributed by atoms with Gasteiger partial charge in [0.15, 0.2) is 0 Å². The summed E-state index contributed by atoms with van der Waals surface area (Å²) in [5.41, 5.74) is 4.04. The number of fused-ring (bicyclic) bond motifs is 2. The number of aliphatic hydroxyl groups is 1. The number of unbranched alkanes of at least 4 members (excludes halogenated alkanes) is 3. The van der Waals surface area contributed by atoms with Crippen LogP contribution in [0.1, 0.15) is 56.0 Å². The van der Waals surface area contributed by atoms with E-state index in [1.807, 2.05) is 22.8 Å². The molecule has 0 atom stereocenters. The summed E-state index contributed by atoms with van der Waals surface area (Å²) in [7, 11) is 0. The summed E-state index contributed by atoms with van der Waals surface area (Å²) in [5.74, 6) is 0.804. The second-order valence-corrected chi connectivity index (χ2v) is 8.47. The molecule has 0 bridgehead atoms. The summed E-state index contributed by atoms with van der Waals surface area (Å²) in [6, 6.07) is 9.92. The lowest BCUT2D eigenvalue weighted by molar-refractivity contribution is 0.282. The molecule has 5 rings (SSSR count). The summed E-state index contributed by atoms with van der Waals surface area (Å²) in [6.45, 7) is 1.35. The SMILES string of the molecule is N#Cc1ccc2c(c1)nc(Cn1c(=O)n(C3CC3)c3ccncc31)n2CCCCCCO. The van der Waals surface area contributed by atoms with Gasteiger partial charge in [-0.25, -0.2) is 9.78 Å². The number of aryl methyl sites for hydroxylation is 1. The first-order chi connectivity index (χ1) is 15.7. The summed E-state index contributed by atoms with van der Waals surface area (Å²) in [4.78, 5) is 22.4. The lowest BCUT2D eigenvalue weighted by Gasteiger charge is -2.10. The fraction of sp³-hybridized carbons (Fsp3) is 0.417. The molecule has 0 amide bonds. The molecule has 1 fully saturated rings. The molecule has 0 spiro atoms. The Hall–Kier alpha value is -3.44. The smallest absolute Gasteiger partial charge is 0.329 e. The molecule has 8 nitrogen and oxygen atoms in total. The van der Waals surface area contributed by atoms with Gasteiger partial charge in [-0.3, -0.25) is 14.1 Å². The third-order valence-electron chi connectivity index (χ3n) is 6.22. The van der Waals surface area contributed by atoms with E-state index in [2.05, 4.69) is 15.6 Å². The summed E-state index contributed by atoms with van der Waals surface area (Å²) in [5, 5.41) is 18.3. The monoisotopic (exact) mass is 430 g/mol. The van der Waals surface area contributed by atoms with E-state index in [9.17, 15) is 10.1 Å². The van der Waals surface area contributed by atoms with Gasteiger partial charge in [-0.1, -0.05) is 12.8 Å². The van der Waals surface area contributed by atoms with E-state index >= 15 is 0 Å². The zero-order valence-electron chi connectivity index (χ0n) is 17.9. The van der Waals surface area contributed by atoms with Gasteiger partial charge in [0.05, 0.1) is 46.4 Å². The Labute approximate surface area is 185 Å². The van der Waals surface area contributed by atoms with E-state index in [1.54, 1.807) is 23.0 Å². The number of hydrogen-bond acceptors (Lipinski definition) is 5. The Morgan fingerprint density at radius 3 is 2.69 bits per heavy atom. The van der Waals surface area contributed by atoms with Crippen LogP contribution in [0.25, 0.3) is 22.1 Å². The van der Waals surface area contributed by atoms with E-state index in [0.717, 1.165) is 73.0 Å². The second-order valence-electron chi connectivity index (χ2n) is 8.47. The Morgan fingerprint density at radius 1 is 1.06 bits per heavy atom. The molecule has 164 valence electrons. The minimum atomic E-state index is -0.0187. The molecule has 1 N–H and O–H groups in total. The van der Waals surface area contributed by atoms with Crippen molar-refractivity contribution >= 4 is 22.1 Å². The molecule has 4 aromatic rings. The molecule has 0 aliphatic heterocycles. The number of aliphatic hydroxyl groups excluding tert-OH is 1. The number of rotatable bonds is 9. The molecule has 0 saturated heterocycles. The van der Waals surface area contributed by atoms with E-state index in [1.165, 1.54) is 0 Å². The fourth-order valence-electron chi connectivity index (χ4n) is 4.46. The standard InChI is InChI=1S/C24H26N6O2/c25-14-17-5-8-20-19(13-17)27-23(28(20)11-3-1-2-4-12-31)16-29-22-15-26-10-9-21(22)30(24(29)32)18-6-7-18/h5,8-10,13,15,18,31H,1-4,6-7,11-12,16H2. The van der Waals surface area contributed by atoms with Gasteiger partial charge in [-0.05, 0) is 49.9 Å². The molecule has 0 unspecified atom stereocenters. The average molecular weight is 431 g/mol. The van der Waals surface area contributed by atoms with Crippen molar-refractivity contribution in [3.05, 3.63) is 58.5 Å².